The van der Waals surface area contributed by atoms with Crippen molar-refractivity contribution in [2.24, 2.45) is 5.10 Å². The molecule has 1 N–H and O–H groups in total. The van der Waals surface area contributed by atoms with Crippen molar-refractivity contribution in [3.63, 3.8) is 0 Å². The summed E-state index contributed by atoms with van der Waals surface area (Å²) in [6.45, 7) is 1.38. The summed E-state index contributed by atoms with van der Waals surface area (Å²) >= 11 is 0. The number of hydrazone groups is 1. The van der Waals surface area contributed by atoms with Gasteiger partial charge in [0.2, 0.25) is 5.82 Å². The molecule has 116 valence electrons. The van der Waals surface area contributed by atoms with Crippen LogP contribution in [0.2, 0.25) is 0 Å². The van der Waals surface area contributed by atoms with Gasteiger partial charge in [0.05, 0.1) is 0 Å². The Kier molecular flexibility index (Phi) is 3.17. The van der Waals surface area contributed by atoms with Gasteiger partial charge in [-0.25, -0.2) is 0 Å². The number of hydrogen-bond acceptors (Lipinski definition) is 6. The highest BCUT2D eigenvalue weighted by Gasteiger charge is 2.62. The van der Waals surface area contributed by atoms with Gasteiger partial charge in [0.25, 0.3) is 5.72 Å². The number of aromatic nitrogens is 2. The van der Waals surface area contributed by atoms with Crippen LogP contribution in [0.3, 0.4) is 0 Å². The van der Waals surface area contributed by atoms with Gasteiger partial charge in [-0.2, -0.15) is 28.3 Å². The fourth-order valence-electron chi connectivity index (χ4n) is 2.15. The van der Waals surface area contributed by atoms with Crippen LogP contribution < -0.4 is 5.01 Å². The summed E-state index contributed by atoms with van der Waals surface area (Å²) in [6.07, 6.45) is -5.60. The lowest BCUT2D eigenvalue weighted by Crippen LogP contribution is -2.55. The molecule has 1 aromatic carbocycles. The largest absolute Gasteiger partial charge is 0.438 e. The molecule has 1 aliphatic rings. The summed E-state index contributed by atoms with van der Waals surface area (Å²) in [6, 6.07) is 8.09. The standard InChI is InChI=1S/C13H11F3N4O2/c1-8-7-12(21,13(14,15)16)20(18-8)11-17-10(19-22-11)9-5-3-2-4-6-9/h2-6,21H,7H2,1H3. The molecule has 22 heavy (non-hydrogen) atoms. The predicted octanol–water partition coefficient (Wildman–Crippen LogP) is 2.57. The lowest BCUT2D eigenvalue weighted by molar-refractivity contribution is -0.255. The molecule has 9 heteroatoms. The smallest absolute Gasteiger partial charge is 0.362 e. The molecular formula is C13H11F3N4O2. The fraction of sp³-hybridized carbons (Fsp3) is 0.308. The van der Waals surface area contributed by atoms with E-state index in [2.05, 4.69) is 15.2 Å². The van der Waals surface area contributed by atoms with E-state index in [1.165, 1.54) is 6.92 Å². The van der Waals surface area contributed by atoms with Crippen LogP contribution in [0.15, 0.2) is 40.0 Å². The van der Waals surface area contributed by atoms with Crippen LogP contribution in [0.1, 0.15) is 13.3 Å². The number of alkyl halides is 3. The average Bonchev–Trinajstić information content (AvgIpc) is 3.04. The maximum absolute atomic E-state index is 13.1. The van der Waals surface area contributed by atoms with E-state index in [-0.39, 0.29) is 11.5 Å². The van der Waals surface area contributed by atoms with Gasteiger partial charge >= 0.3 is 12.2 Å². The highest BCUT2D eigenvalue weighted by molar-refractivity contribution is 5.86. The number of rotatable bonds is 2. The minimum Gasteiger partial charge on any atom is -0.362 e. The van der Waals surface area contributed by atoms with Crippen molar-refractivity contribution in [2.75, 3.05) is 5.01 Å². The second-order valence-electron chi connectivity index (χ2n) is 4.90. The normalized spacial score (nSPS) is 22.0. The highest BCUT2D eigenvalue weighted by atomic mass is 19.4. The quantitative estimate of drug-likeness (QED) is 0.922. The number of halogens is 3. The number of anilines is 1. The van der Waals surface area contributed by atoms with Crippen molar-refractivity contribution >= 4 is 11.7 Å². The molecule has 3 rings (SSSR count). The summed E-state index contributed by atoms with van der Waals surface area (Å²) in [7, 11) is 0. The predicted molar refractivity (Wildman–Crippen MR) is 70.9 cm³/mol. The van der Waals surface area contributed by atoms with Gasteiger partial charge in [-0.05, 0) is 6.92 Å². The van der Waals surface area contributed by atoms with Crippen LogP contribution in [0.4, 0.5) is 19.2 Å². The summed E-state index contributed by atoms with van der Waals surface area (Å²) in [5.74, 6) is 0.111. The highest BCUT2D eigenvalue weighted by Crippen LogP contribution is 2.42. The molecule has 0 saturated heterocycles. The lowest BCUT2D eigenvalue weighted by Gasteiger charge is -2.31. The van der Waals surface area contributed by atoms with E-state index in [9.17, 15) is 18.3 Å². The SMILES string of the molecule is CC1=NN(c2nc(-c3ccccc3)no2)C(O)(C(F)(F)F)C1. The summed E-state index contributed by atoms with van der Waals surface area (Å²) < 4.78 is 44.2. The van der Waals surface area contributed by atoms with Gasteiger partial charge < -0.3 is 9.63 Å². The molecule has 0 aliphatic carbocycles. The first-order chi connectivity index (χ1) is 10.3. The van der Waals surface area contributed by atoms with E-state index in [1.54, 1.807) is 30.3 Å². The van der Waals surface area contributed by atoms with E-state index >= 15 is 0 Å². The van der Waals surface area contributed by atoms with Crippen LogP contribution in [0.5, 0.6) is 0 Å². The first-order valence-electron chi connectivity index (χ1n) is 6.34. The first kappa shape index (κ1) is 14.5. The van der Waals surface area contributed by atoms with Crippen LogP contribution in [0, 0.1) is 0 Å². The molecular weight excluding hydrogens is 301 g/mol. The Hall–Kier alpha value is -2.42. The summed E-state index contributed by atoms with van der Waals surface area (Å²) in [4.78, 5) is 3.89. The summed E-state index contributed by atoms with van der Waals surface area (Å²) in [5, 5.41) is 17.6. The van der Waals surface area contributed by atoms with Crippen molar-refractivity contribution in [3.05, 3.63) is 30.3 Å². The van der Waals surface area contributed by atoms with Gasteiger partial charge in [0.15, 0.2) is 0 Å². The Balaban J connectivity index is 1.99. The third-order valence-electron chi connectivity index (χ3n) is 3.21. The third kappa shape index (κ3) is 2.23. The maximum atomic E-state index is 13.1. The van der Waals surface area contributed by atoms with E-state index in [1.807, 2.05) is 0 Å². The van der Waals surface area contributed by atoms with E-state index in [0.29, 0.717) is 10.6 Å². The maximum Gasteiger partial charge on any atom is 0.438 e. The Bertz CT molecular complexity index is 714. The second-order valence-corrected chi connectivity index (χ2v) is 4.90. The fourth-order valence-corrected chi connectivity index (χ4v) is 2.15. The Morgan fingerprint density at radius 1 is 1.27 bits per heavy atom. The molecule has 0 spiro atoms. The van der Waals surface area contributed by atoms with Crippen molar-refractivity contribution in [1.82, 2.24) is 10.1 Å². The molecule has 1 unspecified atom stereocenters. The van der Waals surface area contributed by atoms with Crippen LogP contribution in [0.25, 0.3) is 11.4 Å². The van der Waals surface area contributed by atoms with E-state index in [4.69, 9.17) is 4.52 Å². The molecule has 6 nitrogen and oxygen atoms in total. The summed E-state index contributed by atoms with van der Waals surface area (Å²) in [5.41, 5.74) is -2.50. The molecule has 0 amide bonds. The molecule has 0 radical (unpaired) electrons. The minimum atomic E-state index is -4.92. The van der Waals surface area contributed by atoms with Crippen LogP contribution >= 0.6 is 0 Å². The van der Waals surface area contributed by atoms with Gasteiger partial charge in [-0.3, -0.25) is 0 Å². The van der Waals surface area contributed by atoms with Gasteiger partial charge in [-0.1, -0.05) is 35.5 Å². The van der Waals surface area contributed by atoms with Crippen molar-refractivity contribution in [1.29, 1.82) is 0 Å². The zero-order valence-corrected chi connectivity index (χ0v) is 11.4. The number of nitrogens with zero attached hydrogens (tertiary/aromatic N) is 4. The molecule has 0 saturated carbocycles. The Morgan fingerprint density at radius 3 is 2.59 bits per heavy atom. The third-order valence-corrected chi connectivity index (χ3v) is 3.21. The van der Waals surface area contributed by atoms with Crippen LogP contribution in [-0.4, -0.2) is 32.9 Å². The minimum absolute atomic E-state index is 0.110. The Labute approximate surface area is 122 Å². The van der Waals surface area contributed by atoms with Crippen LogP contribution in [-0.2, 0) is 0 Å². The van der Waals surface area contributed by atoms with Crippen molar-refractivity contribution in [2.45, 2.75) is 25.2 Å². The van der Waals surface area contributed by atoms with Gasteiger partial charge in [0.1, 0.15) is 0 Å². The number of aliphatic hydroxyl groups is 1. The van der Waals surface area contributed by atoms with Gasteiger partial charge in [-0.15, -0.1) is 0 Å². The van der Waals surface area contributed by atoms with E-state index < -0.39 is 24.3 Å². The molecule has 1 atom stereocenters. The average molecular weight is 312 g/mol. The van der Waals surface area contributed by atoms with E-state index in [0.717, 1.165) is 0 Å². The van der Waals surface area contributed by atoms with Gasteiger partial charge in [0, 0.05) is 17.7 Å². The zero-order valence-electron chi connectivity index (χ0n) is 11.4. The monoisotopic (exact) mass is 312 g/mol. The first-order valence-corrected chi connectivity index (χ1v) is 6.34. The lowest BCUT2D eigenvalue weighted by atomic mass is 10.1. The topological polar surface area (TPSA) is 74.8 Å². The molecule has 0 bridgehead atoms. The van der Waals surface area contributed by atoms with Crippen molar-refractivity contribution in [3.8, 4) is 11.4 Å². The number of hydrogen-bond donors (Lipinski definition) is 1. The molecule has 1 aromatic heterocycles. The molecule has 0 fully saturated rings. The zero-order chi connectivity index (χ0) is 16.0. The van der Waals surface area contributed by atoms with Crippen molar-refractivity contribution < 1.29 is 22.8 Å². The molecule has 2 aromatic rings. The Morgan fingerprint density at radius 2 is 1.95 bits per heavy atom. The molecule has 2 heterocycles. The number of benzene rings is 1. The molecule has 1 aliphatic heterocycles. The second kappa shape index (κ2) is 4.80.